The van der Waals surface area contributed by atoms with Crippen LogP contribution in [0, 0.1) is 0 Å². The van der Waals surface area contributed by atoms with E-state index in [1.165, 1.54) is 0 Å². The van der Waals surface area contributed by atoms with Gasteiger partial charge in [0.2, 0.25) is 0 Å². The summed E-state index contributed by atoms with van der Waals surface area (Å²) in [6.45, 7) is 0.759. The van der Waals surface area contributed by atoms with Crippen LogP contribution < -0.4 is 0 Å². The number of piperidine rings is 1. The summed E-state index contributed by atoms with van der Waals surface area (Å²) >= 11 is 0. The van der Waals surface area contributed by atoms with Gasteiger partial charge in [0.05, 0.1) is 22.6 Å². The fourth-order valence-corrected chi connectivity index (χ4v) is 3.24. The van der Waals surface area contributed by atoms with E-state index in [1.807, 2.05) is 35.2 Å². The number of carbonyl (C=O) groups is 1. The molecule has 5 heteroatoms. The maximum atomic E-state index is 12.8. The van der Waals surface area contributed by atoms with E-state index in [4.69, 9.17) is 4.98 Å². The molecular formula is C18H18N4O. The Hall–Kier alpha value is -2.69. The summed E-state index contributed by atoms with van der Waals surface area (Å²) in [5, 5.41) is 0. The molecule has 1 fully saturated rings. The number of fused-ring (bicyclic) bond motifs is 1. The first-order chi connectivity index (χ1) is 11.3. The van der Waals surface area contributed by atoms with Crippen molar-refractivity contribution in [2.45, 2.75) is 25.3 Å². The quantitative estimate of drug-likeness (QED) is 0.790. The second-order valence-electron chi connectivity index (χ2n) is 5.89. The summed E-state index contributed by atoms with van der Waals surface area (Å²) in [5.41, 5.74) is 2.60. The summed E-state index contributed by atoms with van der Waals surface area (Å²) in [6, 6.07) is 11.6. The molecule has 2 aromatic heterocycles. The van der Waals surface area contributed by atoms with Gasteiger partial charge >= 0.3 is 0 Å². The van der Waals surface area contributed by atoms with Crippen LogP contribution in [0.1, 0.15) is 41.5 Å². The van der Waals surface area contributed by atoms with Gasteiger partial charge in [0.15, 0.2) is 0 Å². The van der Waals surface area contributed by atoms with Gasteiger partial charge in [-0.3, -0.25) is 9.78 Å². The smallest absolute Gasteiger partial charge is 0.256 e. The molecule has 1 aliphatic heterocycles. The van der Waals surface area contributed by atoms with Crippen molar-refractivity contribution < 1.29 is 4.79 Å². The Labute approximate surface area is 134 Å². The van der Waals surface area contributed by atoms with Crippen molar-refractivity contribution in [3.8, 4) is 0 Å². The number of imidazole rings is 1. The van der Waals surface area contributed by atoms with Crippen LogP contribution in [0.15, 0.2) is 48.8 Å². The number of likely N-dealkylation sites (tertiary alicyclic amines) is 1. The minimum atomic E-state index is 0.00357. The highest BCUT2D eigenvalue weighted by atomic mass is 16.2. The van der Waals surface area contributed by atoms with Crippen LogP contribution in [0.3, 0.4) is 0 Å². The molecule has 1 unspecified atom stereocenters. The van der Waals surface area contributed by atoms with Crippen molar-refractivity contribution in [3.63, 3.8) is 0 Å². The number of carbonyl (C=O) groups excluding carboxylic acids is 1. The molecule has 4 rings (SSSR count). The van der Waals surface area contributed by atoms with E-state index < -0.39 is 0 Å². The largest absolute Gasteiger partial charge is 0.340 e. The van der Waals surface area contributed by atoms with Crippen molar-refractivity contribution in [2.75, 3.05) is 6.54 Å². The van der Waals surface area contributed by atoms with Gasteiger partial charge in [-0.1, -0.05) is 12.1 Å². The van der Waals surface area contributed by atoms with Crippen molar-refractivity contribution in [3.05, 3.63) is 60.2 Å². The molecule has 1 aliphatic rings. The van der Waals surface area contributed by atoms with Crippen molar-refractivity contribution >= 4 is 16.9 Å². The minimum Gasteiger partial charge on any atom is -0.340 e. The van der Waals surface area contributed by atoms with Gasteiger partial charge < -0.3 is 9.88 Å². The van der Waals surface area contributed by atoms with Crippen LogP contribution in [0.4, 0.5) is 0 Å². The SMILES string of the molecule is O=C(c1cccnc1)N1CCCCC1c1nc2ccccc2[nH]1. The molecule has 116 valence electrons. The molecule has 1 atom stereocenters. The molecule has 0 radical (unpaired) electrons. The summed E-state index contributed by atoms with van der Waals surface area (Å²) in [7, 11) is 0. The zero-order valence-electron chi connectivity index (χ0n) is 12.8. The van der Waals surface area contributed by atoms with Crippen molar-refractivity contribution in [1.29, 1.82) is 0 Å². The zero-order chi connectivity index (χ0) is 15.6. The number of pyridine rings is 1. The second kappa shape index (κ2) is 5.83. The Morgan fingerprint density at radius 3 is 2.91 bits per heavy atom. The lowest BCUT2D eigenvalue weighted by atomic mass is 10.0. The molecule has 1 amide bonds. The van der Waals surface area contributed by atoms with Gasteiger partial charge in [-0.25, -0.2) is 4.98 Å². The average molecular weight is 306 g/mol. The fourth-order valence-electron chi connectivity index (χ4n) is 3.24. The Bertz CT molecular complexity index is 794. The van der Waals surface area contributed by atoms with Gasteiger partial charge in [-0.15, -0.1) is 0 Å². The number of aromatic nitrogens is 3. The molecule has 0 saturated carbocycles. The van der Waals surface area contributed by atoms with Gasteiger partial charge in [0.1, 0.15) is 5.82 Å². The zero-order valence-corrected chi connectivity index (χ0v) is 12.8. The lowest BCUT2D eigenvalue weighted by molar-refractivity contribution is 0.0601. The standard InChI is InChI=1S/C18H18N4O/c23-18(13-6-5-10-19-12-13)22-11-4-3-9-16(22)17-20-14-7-1-2-8-15(14)21-17/h1-2,5-8,10,12,16H,3-4,9,11H2,(H,20,21). The van der Waals surface area contributed by atoms with E-state index in [0.717, 1.165) is 42.7 Å². The molecule has 5 nitrogen and oxygen atoms in total. The number of aromatic amines is 1. The Morgan fingerprint density at radius 2 is 2.09 bits per heavy atom. The third kappa shape index (κ3) is 2.59. The van der Waals surface area contributed by atoms with Crippen molar-refractivity contribution in [1.82, 2.24) is 19.9 Å². The predicted octanol–water partition coefficient (Wildman–Crippen LogP) is 3.33. The molecule has 3 heterocycles. The van der Waals surface area contributed by atoms with E-state index in [9.17, 15) is 4.79 Å². The molecule has 23 heavy (non-hydrogen) atoms. The van der Waals surface area contributed by atoms with Gasteiger partial charge in [0, 0.05) is 18.9 Å². The Morgan fingerprint density at radius 1 is 1.17 bits per heavy atom. The topological polar surface area (TPSA) is 61.9 Å². The van der Waals surface area contributed by atoms with Crippen LogP contribution in [0.5, 0.6) is 0 Å². The monoisotopic (exact) mass is 306 g/mol. The third-order valence-corrected chi connectivity index (χ3v) is 4.40. The number of amides is 1. The first kappa shape index (κ1) is 13.9. The number of H-pyrrole nitrogens is 1. The van der Waals surface area contributed by atoms with Crippen LogP contribution in [-0.4, -0.2) is 32.3 Å². The van der Waals surface area contributed by atoms with E-state index in [2.05, 4.69) is 9.97 Å². The van der Waals surface area contributed by atoms with E-state index in [-0.39, 0.29) is 11.9 Å². The van der Waals surface area contributed by atoms with Crippen LogP contribution in [0.2, 0.25) is 0 Å². The first-order valence-corrected chi connectivity index (χ1v) is 7.98. The van der Waals surface area contributed by atoms with E-state index in [0.29, 0.717) is 5.56 Å². The second-order valence-corrected chi connectivity index (χ2v) is 5.89. The number of hydrogen-bond donors (Lipinski definition) is 1. The highest BCUT2D eigenvalue weighted by Crippen LogP contribution is 2.31. The lowest BCUT2D eigenvalue weighted by Gasteiger charge is -2.34. The van der Waals surface area contributed by atoms with Gasteiger partial charge in [0.25, 0.3) is 5.91 Å². The number of rotatable bonds is 2. The number of nitrogens with zero attached hydrogens (tertiary/aromatic N) is 3. The number of benzene rings is 1. The highest BCUT2D eigenvalue weighted by molar-refractivity contribution is 5.94. The maximum absolute atomic E-state index is 12.8. The molecule has 0 aliphatic carbocycles. The molecule has 3 aromatic rings. The van der Waals surface area contributed by atoms with Crippen LogP contribution >= 0.6 is 0 Å². The fraction of sp³-hybridized carbons (Fsp3) is 0.278. The van der Waals surface area contributed by atoms with Crippen LogP contribution in [0.25, 0.3) is 11.0 Å². The van der Waals surface area contributed by atoms with E-state index in [1.54, 1.807) is 18.5 Å². The third-order valence-electron chi connectivity index (χ3n) is 4.40. The predicted molar refractivity (Wildman–Crippen MR) is 88.0 cm³/mol. The Balaban J connectivity index is 1.69. The first-order valence-electron chi connectivity index (χ1n) is 7.98. The summed E-state index contributed by atoms with van der Waals surface area (Å²) in [4.78, 5) is 26.9. The normalized spacial score (nSPS) is 18.3. The molecule has 1 N–H and O–H groups in total. The lowest BCUT2D eigenvalue weighted by Crippen LogP contribution is -2.39. The van der Waals surface area contributed by atoms with E-state index >= 15 is 0 Å². The molecular weight excluding hydrogens is 288 g/mol. The maximum Gasteiger partial charge on any atom is 0.256 e. The minimum absolute atomic E-state index is 0.00357. The molecule has 1 aromatic carbocycles. The Kier molecular flexibility index (Phi) is 3.54. The molecule has 0 spiro atoms. The summed E-state index contributed by atoms with van der Waals surface area (Å²) in [6.07, 6.45) is 6.39. The summed E-state index contributed by atoms with van der Waals surface area (Å²) in [5.74, 6) is 0.909. The molecule has 0 bridgehead atoms. The van der Waals surface area contributed by atoms with Gasteiger partial charge in [-0.2, -0.15) is 0 Å². The van der Waals surface area contributed by atoms with Gasteiger partial charge in [-0.05, 0) is 43.5 Å². The summed E-state index contributed by atoms with van der Waals surface area (Å²) < 4.78 is 0. The van der Waals surface area contributed by atoms with Crippen molar-refractivity contribution in [2.24, 2.45) is 0 Å². The number of hydrogen-bond acceptors (Lipinski definition) is 3. The molecule has 1 saturated heterocycles. The van der Waals surface area contributed by atoms with Crippen LogP contribution in [-0.2, 0) is 0 Å². The highest BCUT2D eigenvalue weighted by Gasteiger charge is 2.30. The average Bonchev–Trinajstić information content (AvgIpc) is 3.06. The number of nitrogens with one attached hydrogen (secondary N) is 1. The number of para-hydroxylation sites is 2.